The van der Waals surface area contributed by atoms with E-state index in [4.69, 9.17) is 27.5 Å². The summed E-state index contributed by atoms with van der Waals surface area (Å²) in [5.74, 6) is 0.528. The molecular formula is C17H16ClN5O. The van der Waals surface area contributed by atoms with Crippen LogP contribution in [0.25, 0.3) is 29.2 Å². The van der Waals surface area contributed by atoms with Crippen LogP contribution in [0.3, 0.4) is 0 Å². The van der Waals surface area contributed by atoms with Crippen molar-refractivity contribution >= 4 is 29.6 Å². The predicted octanol–water partition coefficient (Wildman–Crippen LogP) is 0.649. The van der Waals surface area contributed by atoms with Crippen LogP contribution < -0.4 is 27.1 Å². The Labute approximate surface area is 143 Å². The number of fused-ring (bicyclic) bond motifs is 1. The van der Waals surface area contributed by atoms with Crippen LogP contribution in [0.15, 0.2) is 30.1 Å². The highest BCUT2D eigenvalue weighted by Crippen LogP contribution is 2.23. The SMILES string of the molecule is COC1=Cc2nc(=N)/c(=C(/C)N)nc(-c3ccccc3Cl)c2=CN1. The Morgan fingerprint density at radius 1 is 1.29 bits per heavy atom. The molecule has 3 rings (SSSR count). The quantitative estimate of drug-likeness (QED) is 0.745. The fraction of sp³-hybridized carbons (Fsp3) is 0.118. The minimum Gasteiger partial charge on any atom is -0.482 e. The maximum atomic E-state index is 8.19. The zero-order valence-corrected chi connectivity index (χ0v) is 14.0. The lowest BCUT2D eigenvalue weighted by Gasteiger charge is -2.11. The van der Waals surface area contributed by atoms with Crippen molar-refractivity contribution in [3.8, 4) is 11.3 Å². The number of nitrogens with two attached hydrogens (primary N) is 1. The lowest BCUT2D eigenvalue weighted by atomic mass is 10.1. The van der Waals surface area contributed by atoms with E-state index >= 15 is 0 Å². The summed E-state index contributed by atoms with van der Waals surface area (Å²) in [6.45, 7) is 1.69. The summed E-state index contributed by atoms with van der Waals surface area (Å²) < 4.78 is 5.21. The van der Waals surface area contributed by atoms with E-state index in [-0.39, 0.29) is 5.49 Å². The molecule has 1 aromatic carbocycles. The first-order valence-electron chi connectivity index (χ1n) is 7.22. The van der Waals surface area contributed by atoms with Gasteiger partial charge in [0, 0.05) is 33.8 Å². The summed E-state index contributed by atoms with van der Waals surface area (Å²) in [7, 11) is 1.55. The number of benzene rings is 1. The van der Waals surface area contributed by atoms with Gasteiger partial charge in [-0.25, -0.2) is 9.97 Å². The van der Waals surface area contributed by atoms with Crippen LogP contribution in [-0.4, -0.2) is 17.1 Å². The highest BCUT2D eigenvalue weighted by molar-refractivity contribution is 6.33. The summed E-state index contributed by atoms with van der Waals surface area (Å²) in [5.41, 5.74) is 8.21. The molecule has 1 aromatic heterocycles. The first kappa shape index (κ1) is 16.0. The van der Waals surface area contributed by atoms with E-state index in [1.54, 1.807) is 32.4 Å². The lowest BCUT2D eigenvalue weighted by molar-refractivity contribution is 0.278. The number of hydrogen-bond acceptors (Lipinski definition) is 6. The van der Waals surface area contributed by atoms with Gasteiger partial charge in [-0.15, -0.1) is 0 Å². The third-order valence-corrected chi connectivity index (χ3v) is 3.89. The number of rotatable bonds is 2. The van der Waals surface area contributed by atoms with Gasteiger partial charge in [-0.3, -0.25) is 5.41 Å². The highest BCUT2D eigenvalue weighted by Gasteiger charge is 2.13. The van der Waals surface area contributed by atoms with Gasteiger partial charge in [-0.05, 0) is 13.0 Å². The number of nitrogens with one attached hydrogen (secondary N) is 2. The van der Waals surface area contributed by atoms with Crippen molar-refractivity contribution < 1.29 is 4.74 Å². The van der Waals surface area contributed by atoms with Crippen molar-refractivity contribution in [2.75, 3.05) is 7.11 Å². The molecule has 0 unspecified atom stereocenters. The molecule has 0 bridgehead atoms. The molecule has 0 fully saturated rings. The molecule has 0 saturated carbocycles. The molecule has 0 aliphatic carbocycles. The Morgan fingerprint density at radius 3 is 2.71 bits per heavy atom. The van der Waals surface area contributed by atoms with Gasteiger partial charge in [0.15, 0.2) is 11.4 Å². The molecule has 0 saturated heterocycles. The van der Waals surface area contributed by atoms with Gasteiger partial charge in [0.05, 0.1) is 18.5 Å². The minimum absolute atomic E-state index is 0.00782. The van der Waals surface area contributed by atoms with Gasteiger partial charge < -0.3 is 15.8 Å². The highest BCUT2D eigenvalue weighted by atomic mass is 35.5. The van der Waals surface area contributed by atoms with E-state index in [0.29, 0.717) is 38.6 Å². The topological polar surface area (TPSA) is 96.9 Å². The molecular weight excluding hydrogens is 326 g/mol. The first-order chi connectivity index (χ1) is 11.5. The molecule has 7 heteroatoms. The zero-order chi connectivity index (χ0) is 17.3. The summed E-state index contributed by atoms with van der Waals surface area (Å²) in [6.07, 6.45) is 3.45. The molecule has 0 atom stereocenters. The van der Waals surface area contributed by atoms with Crippen molar-refractivity contribution in [3.05, 3.63) is 56.9 Å². The third kappa shape index (κ3) is 2.83. The average molecular weight is 342 g/mol. The van der Waals surface area contributed by atoms with E-state index < -0.39 is 0 Å². The second-order valence-corrected chi connectivity index (χ2v) is 5.64. The maximum Gasteiger partial charge on any atom is 0.192 e. The molecule has 0 radical (unpaired) electrons. The Balaban J connectivity index is 2.51. The Hall–Kier alpha value is -2.86. The van der Waals surface area contributed by atoms with Gasteiger partial charge in [0.2, 0.25) is 0 Å². The monoisotopic (exact) mass is 341 g/mol. The lowest BCUT2D eigenvalue weighted by Crippen LogP contribution is -2.32. The van der Waals surface area contributed by atoms with E-state index in [2.05, 4.69) is 15.3 Å². The second kappa shape index (κ2) is 6.33. The molecule has 0 spiro atoms. The smallest absolute Gasteiger partial charge is 0.192 e. The standard InChI is InChI=1S/C17H16ClN5O/c1-9(19)15-17(20)22-13-7-14(24-2)21-8-11(13)16(23-15)10-5-3-4-6-12(10)18/h3-8,20-21H,19H2,1-2H3/b15-9+,20-17?. The average Bonchev–Trinajstić information content (AvgIpc) is 2.70. The summed E-state index contributed by atoms with van der Waals surface area (Å²) in [6, 6.07) is 7.39. The molecule has 2 heterocycles. The molecule has 1 aliphatic rings. The molecule has 122 valence electrons. The molecule has 24 heavy (non-hydrogen) atoms. The fourth-order valence-electron chi connectivity index (χ4n) is 2.39. The largest absolute Gasteiger partial charge is 0.482 e. The van der Waals surface area contributed by atoms with Crippen LogP contribution in [0.1, 0.15) is 12.6 Å². The van der Waals surface area contributed by atoms with Crippen LogP contribution in [0.5, 0.6) is 0 Å². The normalized spacial score (nSPS) is 13.9. The molecule has 0 amide bonds. The number of halogens is 1. The van der Waals surface area contributed by atoms with E-state index in [1.165, 1.54) is 0 Å². The van der Waals surface area contributed by atoms with Gasteiger partial charge >= 0.3 is 0 Å². The Bertz CT molecular complexity index is 1030. The van der Waals surface area contributed by atoms with E-state index in [0.717, 1.165) is 5.56 Å². The molecule has 6 nitrogen and oxygen atoms in total. The van der Waals surface area contributed by atoms with Crippen LogP contribution in [0.4, 0.5) is 0 Å². The molecule has 4 N–H and O–H groups in total. The second-order valence-electron chi connectivity index (χ2n) is 5.23. The zero-order valence-electron chi connectivity index (χ0n) is 13.2. The maximum absolute atomic E-state index is 8.19. The fourth-order valence-corrected chi connectivity index (χ4v) is 2.62. The Kier molecular flexibility index (Phi) is 4.22. The predicted molar refractivity (Wildman–Crippen MR) is 93.4 cm³/mol. The van der Waals surface area contributed by atoms with Crippen LogP contribution in [0, 0.1) is 5.41 Å². The molecule has 1 aliphatic heterocycles. The van der Waals surface area contributed by atoms with Crippen molar-refractivity contribution in [2.45, 2.75) is 6.92 Å². The summed E-state index contributed by atoms with van der Waals surface area (Å²) >= 11 is 6.35. The van der Waals surface area contributed by atoms with Crippen molar-refractivity contribution in [2.24, 2.45) is 5.73 Å². The van der Waals surface area contributed by atoms with E-state index in [1.807, 2.05) is 18.2 Å². The number of methoxy groups -OCH3 is 1. The summed E-state index contributed by atoms with van der Waals surface area (Å²) in [5, 5.41) is 12.8. The van der Waals surface area contributed by atoms with Crippen LogP contribution in [-0.2, 0) is 4.74 Å². The van der Waals surface area contributed by atoms with Gasteiger partial charge in [-0.1, -0.05) is 29.8 Å². The van der Waals surface area contributed by atoms with Crippen molar-refractivity contribution in [1.82, 2.24) is 15.3 Å². The van der Waals surface area contributed by atoms with Gasteiger partial charge in [0.1, 0.15) is 5.35 Å². The number of hydrogen-bond donors (Lipinski definition) is 3. The van der Waals surface area contributed by atoms with Gasteiger partial charge in [0.25, 0.3) is 0 Å². The minimum atomic E-state index is -0.00782. The summed E-state index contributed by atoms with van der Waals surface area (Å²) in [4.78, 5) is 8.94. The first-order valence-corrected chi connectivity index (χ1v) is 7.59. The number of aromatic nitrogens is 2. The van der Waals surface area contributed by atoms with Crippen molar-refractivity contribution in [1.29, 1.82) is 5.41 Å². The third-order valence-electron chi connectivity index (χ3n) is 3.56. The van der Waals surface area contributed by atoms with E-state index in [9.17, 15) is 0 Å². The Morgan fingerprint density at radius 2 is 2.04 bits per heavy atom. The van der Waals surface area contributed by atoms with Gasteiger partial charge in [-0.2, -0.15) is 0 Å². The number of ether oxygens (including phenoxy) is 1. The van der Waals surface area contributed by atoms with Crippen molar-refractivity contribution in [3.63, 3.8) is 0 Å². The number of nitrogens with zero attached hydrogens (tertiary/aromatic N) is 2. The van der Waals surface area contributed by atoms with Crippen LogP contribution in [0.2, 0.25) is 5.02 Å². The van der Waals surface area contributed by atoms with Crippen LogP contribution >= 0.6 is 11.6 Å². The molecule has 2 aromatic rings.